The summed E-state index contributed by atoms with van der Waals surface area (Å²) in [6.07, 6.45) is 1.58. The lowest BCUT2D eigenvalue weighted by Crippen LogP contribution is -2.52. The van der Waals surface area contributed by atoms with Crippen molar-refractivity contribution in [2.75, 3.05) is 38.1 Å². The topological polar surface area (TPSA) is 158 Å². The molecule has 1 aliphatic rings. The first-order valence-corrected chi connectivity index (χ1v) is 11.8. The van der Waals surface area contributed by atoms with Crippen molar-refractivity contribution >= 4 is 29.4 Å². The van der Waals surface area contributed by atoms with Gasteiger partial charge in [-0.2, -0.15) is 9.78 Å². The fourth-order valence-corrected chi connectivity index (χ4v) is 4.07. The molecule has 0 saturated carbocycles. The molecular weight excluding hydrogens is 472 g/mol. The van der Waals surface area contributed by atoms with E-state index < -0.39 is 22.9 Å². The second-order valence-electron chi connectivity index (χ2n) is 8.55. The molecule has 3 heterocycles. The average Bonchev–Trinajstić information content (AvgIpc) is 3.41. The van der Waals surface area contributed by atoms with Gasteiger partial charge < -0.3 is 30.0 Å². The first kappa shape index (κ1) is 26.6. The van der Waals surface area contributed by atoms with Crippen molar-refractivity contribution in [3.8, 4) is 0 Å². The number of aromatic nitrogens is 4. The highest BCUT2D eigenvalue weighted by molar-refractivity contribution is 5.94. The van der Waals surface area contributed by atoms with Gasteiger partial charge in [0.1, 0.15) is 6.04 Å². The Labute approximate surface area is 208 Å². The number of anilines is 1. The molecule has 14 nitrogen and oxygen atoms in total. The Hall–Kier alpha value is -3.97. The summed E-state index contributed by atoms with van der Waals surface area (Å²) in [6, 6.07) is -0.0586. The Balaban J connectivity index is 1.66. The zero-order chi connectivity index (χ0) is 26.6. The molecule has 2 atom stereocenters. The average molecular weight is 505 g/mol. The van der Waals surface area contributed by atoms with Crippen LogP contribution >= 0.6 is 0 Å². The molecule has 3 rings (SSSR count). The highest BCUT2D eigenvalue weighted by Crippen LogP contribution is 2.23. The second kappa shape index (κ2) is 11.2. The van der Waals surface area contributed by atoms with E-state index in [4.69, 9.17) is 4.74 Å². The van der Waals surface area contributed by atoms with Gasteiger partial charge in [-0.25, -0.2) is 4.79 Å². The highest BCUT2D eigenvalue weighted by atomic mass is 16.6. The summed E-state index contributed by atoms with van der Waals surface area (Å²) in [4.78, 5) is 51.7. The van der Waals surface area contributed by atoms with Crippen LogP contribution in [0.25, 0.3) is 0 Å². The zero-order valence-electron chi connectivity index (χ0n) is 21.1. The molecule has 1 fully saturated rings. The molecule has 196 valence electrons. The first-order valence-electron chi connectivity index (χ1n) is 11.8. The lowest BCUT2D eigenvalue weighted by atomic mass is 10.2. The van der Waals surface area contributed by atoms with Gasteiger partial charge in [0.15, 0.2) is 6.04 Å². The van der Waals surface area contributed by atoms with E-state index in [0.29, 0.717) is 56.3 Å². The molecule has 0 bridgehead atoms. The summed E-state index contributed by atoms with van der Waals surface area (Å²) in [5, 5.41) is 22.2. The molecule has 1 aliphatic heterocycles. The minimum Gasteiger partial charge on any atom is -0.450 e. The third-order valence-corrected chi connectivity index (χ3v) is 6.13. The standard InChI is InChI=1S/C22H32N8O6/c1-6-18(29-14(3)12-19(25-29)30(34)35)20(31)23-17-13-28(24-15(17)4)16(5)21(32)26-8-10-27(11-9-26)22(33)36-7-2/h12-13,16,18H,6-11H2,1-5H3,(H,23,31). The summed E-state index contributed by atoms with van der Waals surface area (Å²) in [6.45, 7) is 10.5. The Morgan fingerprint density at radius 3 is 2.33 bits per heavy atom. The van der Waals surface area contributed by atoms with E-state index in [1.807, 2.05) is 0 Å². The van der Waals surface area contributed by atoms with Gasteiger partial charge in [0.05, 0.1) is 34.8 Å². The van der Waals surface area contributed by atoms with E-state index in [9.17, 15) is 24.5 Å². The Morgan fingerprint density at radius 2 is 1.78 bits per heavy atom. The number of carbonyl (C=O) groups excluding carboxylic acids is 3. The van der Waals surface area contributed by atoms with Crippen LogP contribution in [0.2, 0.25) is 0 Å². The van der Waals surface area contributed by atoms with E-state index in [1.54, 1.807) is 50.6 Å². The van der Waals surface area contributed by atoms with Crippen molar-refractivity contribution in [3.05, 3.63) is 33.8 Å². The maximum Gasteiger partial charge on any atom is 0.409 e. The predicted molar refractivity (Wildman–Crippen MR) is 128 cm³/mol. The fourth-order valence-electron chi connectivity index (χ4n) is 4.07. The molecule has 0 aliphatic carbocycles. The van der Waals surface area contributed by atoms with Crippen LogP contribution in [0.3, 0.4) is 0 Å². The van der Waals surface area contributed by atoms with Crippen LogP contribution in [0.5, 0.6) is 0 Å². The third kappa shape index (κ3) is 5.63. The van der Waals surface area contributed by atoms with Crippen LogP contribution in [-0.2, 0) is 14.3 Å². The van der Waals surface area contributed by atoms with Crippen LogP contribution in [0.4, 0.5) is 16.3 Å². The van der Waals surface area contributed by atoms with Gasteiger partial charge in [-0.15, -0.1) is 0 Å². The smallest absolute Gasteiger partial charge is 0.409 e. The Morgan fingerprint density at radius 1 is 1.14 bits per heavy atom. The molecule has 2 aromatic rings. The van der Waals surface area contributed by atoms with E-state index >= 15 is 0 Å². The first-order chi connectivity index (χ1) is 17.1. The van der Waals surface area contributed by atoms with Crippen molar-refractivity contribution in [1.82, 2.24) is 29.4 Å². The summed E-state index contributed by atoms with van der Waals surface area (Å²) in [5.41, 5.74) is 1.45. The number of piperazine rings is 1. The lowest BCUT2D eigenvalue weighted by Gasteiger charge is -2.35. The number of carbonyl (C=O) groups is 3. The Bertz CT molecular complexity index is 1130. The minimum atomic E-state index is -0.754. The van der Waals surface area contributed by atoms with E-state index in [1.165, 1.54) is 15.4 Å². The minimum absolute atomic E-state index is 0.148. The number of nitrogens with zero attached hydrogens (tertiary/aromatic N) is 7. The quantitative estimate of drug-likeness (QED) is 0.423. The zero-order valence-corrected chi connectivity index (χ0v) is 21.1. The van der Waals surface area contributed by atoms with Crippen molar-refractivity contribution in [2.24, 2.45) is 0 Å². The lowest BCUT2D eigenvalue weighted by molar-refractivity contribution is -0.389. The van der Waals surface area contributed by atoms with Crippen molar-refractivity contribution in [1.29, 1.82) is 0 Å². The number of ether oxygens (including phenoxy) is 1. The van der Waals surface area contributed by atoms with Crippen molar-refractivity contribution in [2.45, 2.75) is 53.1 Å². The summed E-state index contributed by atoms with van der Waals surface area (Å²) in [5.74, 6) is -0.863. The fraction of sp³-hybridized carbons (Fsp3) is 0.591. The number of rotatable bonds is 8. The number of nitrogens with one attached hydrogen (secondary N) is 1. The molecule has 3 amide bonds. The van der Waals surface area contributed by atoms with Crippen LogP contribution in [0.1, 0.15) is 50.7 Å². The van der Waals surface area contributed by atoms with E-state index in [0.717, 1.165) is 0 Å². The largest absolute Gasteiger partial charge is 0.450 e. The number of hydrogen-bond donors (Lipinski definition) is 1. The number of hydrogen-bond acceptors (Lipinski definition) is 8. The monoisotopic (exact) mass is 504 g/mol. The maximum absolute atomic E-state index is 13.1. The van der Waals surface area contributed by atoms with Gasteiger partial charge >= 0.3 is 11.9 Å². The number of nitro groups is 1. The summed E-state index contributed by atoms with van der Waals surface area (Å²) >= 11 is 0. The van der Waals surface area contributed by atoms with Gasteiger partial charge in [-0.3, -0.25) is 14.3 Å². The van der Waals surface area contributed by atoms with Gasteiger partial charge in [-0.05, 0) is 39.0 Å². The molecule has 1 N–H and O–H groups in total. The third-order valence-electron chi connectivity index (χ3n) is 6.13. The molecule has 0 radical (unpaired) electrons. The van der Waals surface area contributed by atoms with Crippen LogP contribution in [-0.4, -0.2) is 85.0 Å². The van der Waals surface area contributed by atoms with Crippen molar-refractivity contribution < 1.29 is 24.0 Å². The number of amides is 3. The van der Waals surface area contributed by atoms with E-state index in [2.05, 4.69) is 15.5 Å². The van der Waals surface area contributed by atoms with Crippen LogP contribution in [0, 0.1) is 24.0 Å². The molecule has 36 heavy (non-hydrogen) atoms. The van der Waals surface area contributed by atoms with Crippen LogP contribution in [0.15, 0.2) is 12.3 Å². The molecule has 1 saturated heterocycles. The highest BCUT2D eigenvalue weighted by Gasteiger charge is 2.30. The van der Waals surface area contributed by atoms with E-state index in [-0.39, 0.29) is 17.8 Å². The molecule has 0 aromatic carbocycles. The normalized spacial score (nSPS) is 15.4. The number of aryl methyl sites for hydroxylation is 2. The van der Waals surface area contributed by atoms with Crippen molar-refractivity contribution in [3.63, 3.8) is 0 Å². The molecular formula is C22H32N8O6. The Kier molecular flexibility index (Phi) is 8.27. The van der Waals surface area contributed by atoms with Gasteiger partial charge in [0.25, 0.3) is 5.91 Å². The summed E-state index contributed by atoms with van der Waals surface area (Å²) < 4.78 is 7.85. The SMILES string of the molecule is CCOC(=O)N1CCN(C(=O)C(C)n2cc(NC(=O)C(CC)n3nc([N+](=O)[O-])cc3C)c(C)n2)CC1. The summed E-state index contributed by atoms with van der Waals surface area (Å²) in [7, 11) is 0. The van der Waals surface area contributed by atoms with Gasteiger partial charge in [0, 0.05) is 32.4 Å². The molecule has 2 aromatic heterocycles. The predicted octanol–water partition coefficient (Wildman–Crippen LogP) is 2.06. The molecule has 2 unspecified atom stereocenters. The van der Waals surface area contributed by atoms with Gasteiger partial charge in [-0.1, -0.05) is 6.92 Å². The second-order valence-corrected chi connectivity index (χ2v) is 8.55. The molecule has 0 spiro atoms. The van der Waals surface area contributed by atoms with Crippen LogP contribution < -0.4 is 5.32 Å². The maximum atomic E-state index is 13.1. The van der Waals surface area contributed by atoms with Gasteiger partial charge in [0.2, 0.25) is 5.91 Å². The molecule has 14 heteroatoms.